The lowest BCUT2D eigenvalue weighted by Crippen LogP contribution is -2.03. The van der Waals surface area contributed by atoms with Gasteiger partial charge in [-0.2, -0.15) is 0 Å². The first kappa shape index (κ1) is 24.1. The van der Waals surface area contributed by atoms with Crippen molar-refractivity contribution in [3.8, 4) is 17.2 Å². The highest BCUT2D eigenvalue weighted by molar-refractivity contribution is 6.31. The van der Waals surface area contributed by atoms with Gasteiger partial charge in [0.2, 0.25) is 5.95 Å². The zero-order chi connectivity index (χ0) is 29.9. The number of fused-ring (bicyclic) bond motifs is 7. The van der Waals surface area contributed by atoms with Gasteiger partial charge in [-0.25, -0.2) is 9.97 Å². The molecule has 0 aliphatic rings. The molecule has 0 amide bonds. The topological polar surface area (TPSA) is 35.1 Å². The van der Waals surface area contributed by atoms with Crippen LogP contribution in [0.1, 0.15) is 0 Å². The van der Waals surface area contributed by atoms with E-state index in [1.54, 1.807) is 0 Å². The van der Waals surface area contributed by atoms with Crippen molar-refractivity contribution in [3.05, 3.63) is 146 Å². The molecule has 4 aromatic heterocycles. The third kappa shape index (κ3) is 3.03. The molecule has 4 heteroatoms. The van der Waals surface area contributed by atoms with E-state index in [4.69, 9.17) is 9.97 Å². The van der Waals surface area contributed by atoms with Crippen LogP contribution in [0, 0.1) is 0 Å². The highest BCUT2D eigenvalue weighted by Gasteiger charge is 2.23. The van der Waals surface area contributed by atoms with E-state index < -0.39 is 0 Å². The first-order valence-corrected chi connectivity index (χ1v) is 15.7. The van der Waals surface area contributed by atoms with Gasteiger partial charge in [-0.15, -0.1) is 0 Å². The van der Waals surface area contributed by atoms with Crippen LogP contribution in [-0.4, -0.2) is 18.9 Å². The van der Waals surface area contributed by atoms with Crippen LogP contribution in [0.2, 0.25) is 0 Å². The van der Waals surface area contributed by atoms with Crippen LogP contribution in [0.4, 0.5) is 0 Å². The summed E-state index contributed by atoms with van der Waals surface area (Å²) in [6.45, 7) is 0. The molecule has 0 saturated carbocycles. The van der Waals surface area contributed by atoms with E-state index in [1.165, 1.54) is 59.6 Å². The van der Waals surface area contributed by atoms with Crippen LogP contribution in [0.3, 0.4) is 0 Å². The zero-order valence-corrected chi connectivity index (χ0v) is 24.6. The fraction of sp³-hybridized carbons (Fsp3) is 0. The SMILES string of the molecule is c1ccc(-c2nc(-n3c4cccc5c6cccc7c8ccccc8n(c8cccc3c8c54)c67)nc3cc4ccccc4cc23)cc1. The van der Waals surface area contributed by atoms with Gasteiger partial charge in [-0.3, -0.25) is 4.57 Å². The van der Waals surface area contributed by atoms with Gasteiger partial charge in [0.25, 0.3) is 0 Å². The molecule has 46 heavy (non-hydrogen) atoms. The van der Waals surface area contributed by atoms with Crippen molar-refractivity contribution in [3.63, 3.8) is 0 Å². The second-order valence-electron chi connectivity index (χ2n) is 12.2. The number of rotatable bonds is 2. The summed E-state index contributed by atoms with van der Waals surface area (Å²) in [5.74, 6) is 0.673. The summed E-state index contributed by atoms with van der Waals surface area (Å²) in [6, 6.07) is 52.2. The minimum Gasteiger partial charge on any atom is -0.308 e. The number of para-hydroxylation sites is 2. The van der Waals surface area contributed by atoms with Gasteiger partial charge >= 0.3 is 0 Å². The molecular weight excluding hydrogens is 560 g/mol. The predicted molar refractivity (Wildman–Crippen MR) is 191 cm³/mol. The summed E-state index contributed by atoms with van der Waals surface area (Å²) in [7, 11) is 0. The van der Waals surface area contributed by atoms with E-state index in [1.807, 2.05) is 0 Å². The highest BCUT2D eigenvalue weighted by Crippen LogP contribution is 2.44. The van der Waals surface area contributed by atoms with Gasteiger partial charge in [0.05, 0.1) is 38.8 Å². The van der Waals surface area contributed by atoms with Crippen LogP contribution in [0.15, 0.2) is 146 Å². The van der Waals surface area contributed by atoms with E-state index >= 15 is 0 Å². The van der Waals surface area contributed by atoms with Crippen molar-refractivity contribution in [1.29, 1.82) is 0 Å². The molecule has 0 radical (unpaired) electrons. The van der Waals surface area contributed by atoms with Crippen LogP contribution < -0.4 is 0 Å². The highest BCUT2D eigenvalue weighted by atomic mass is 15.2. The minimum atomic E-state index is 0.673. The van der Waals surface area contributed by atoms with Gasteiger partial charge in [0.1, 0.15) is 0 Å². The average molecular weight is 585 g/mol. The number of benzene rings is 7. The summed E-state index contributed by atoms with van der Waals surface area (Å²) in [6.07, 6.45) is 0. The maximum absolute atomic E-state index is 5.39. The Balaban J connectivity index is 1.36. The number of hydrogen-bond donors (Lipinski definition) is 0. The van der Waals surface area contributed by atoms with E-state index in [2.05, 4.69) is 155 Å². The van der Waals surface area contributed by atoms with Gasteiger partial charge in [0.15, 0.2) is 0 Å². The second-order valence-corrected chi connectivity index (χ2v) is 12.2. The van der Waals surface area contributed by atoms with Gasteiger partial charge in [-0.05, 0) is 52.6 Å². The smallest absolute Gasteiger partial charge is 0.235 e. The molecule has 0 fully saturated rings. The Hall–Kier alpha value is -6.26. The van der Waals surface area contributed by atoms with E-state index in [-0.39, 0.29) is 0 Å². The molecule has 7 aromatic carbocycles. The monoisotopic (exact) mass is 584 g/mol. The molecule has 0 aliphatic heterocycles. The van der Waals surface area contributed by atoms with Crippen molar-refractivity contribution < 1.29 is 0 Å². The third-order valence-corrected chi connectivity index (χ3v) is 9.82. The Morgan fingerprint density at radius 3 is 1.89 bits per heavy atom. The van der Waals surface area contributed by atoms with Crippen molar-refractivity contribution in [2.45, 2.75) is 0 Å². The fourth-order valence-electron chi connectivity index (χ4n) is 7.92. The molecule has 0 saturated heterocycles. The molecular formula is C42H24N4. The van der Waals surface area contributed by atoms with Crippen molar-refractivity contribution in [1.82, 2.24) is 18.9 Å². The standard InChI is InChI=1S/C42H24N4/c1-2-11-25(12-3-1)40-32-23-26-13-4-5-14-27(26)24-33(32)43-42(44-40)46-35-20-9-16-29-31-18-8-17-30-28-15-6-7-19-34(28)45(41(30)31)36-21-10-22-37(46)39(36)38(29)35/h1-24H. The molecule has 11 aromatic rings. The number of nitrogens with zero attached hydrogens (tertiary/aromatic N) is 4. The summed E-state index contributed by atoms with van der Waals surface area (Å²) < 4.78 is 4.74. The minimum absolute atomic E-state index is 0.673. The van der Waals surface area contributed by atoms with Crippen LogP contribution in [-0.2, 0) is 0 Å². The Morgan fingerprint density at radius 2 is 1.02 bits per heavy atom. The molecule has 4 nitrogen and oxygen atoms in total. The Labute approximate surface area is 262 Å². The number of aromatic nitrogens is 4. The lowest BCUT2D eigenvalue weighted by atomic mass is 10.0. The molecule has 4 heterocycles. The Morgan fingerprint density at radius 1 is 0.413 bits per heavy atom. The molecule has 0 aliphatic carbocycles. The van der Waals surface area contributed by atoms with Gasteiger partial charge in [-0.1, -0.05) is 109 Å². The molecule has 0 atom stereocenters. The number of hydrogen-bond acceptors (Lipinski definition) is 2. The maximum Gasteiger partial charge on any atom is 0.235 e. The molecule has 11 rings (SSSR count). The van der Waals surface area contributed by atoms with Gasteiger partial charge in [0, 0.05) is 37.9 Å². The first-order valence-electron chi connectivity index (χ1n) is 15.7. The third-order valence-electron chi connectivity index (χ3n) is 9.82. The van der Waals surface area contributed by atoms with Crippen LogP contribution >= 0.6 is 0 Å². The van der Waals surface area contributed by atoms with Gasteiger partial charge < -0.3 is 4.40 Å². The van der Waals surface area contributed by atoms with Crippen LogP contribution in [0.25, 0.3) is 98.8 Å². The lowest BCUT2D eigenvalue weighted by Gasteiger charge is -2.13. The van der Waals surface area contributed by atoms with Crippen molar-refractivity contribution in [2.24, 2.45) is 0 Å². The molecule has 212 valence electrons. The van der Waals surface area contributed by atoms with E-state index in [0.717, 1.165) is 33.2 Å². The molecule has 0 unspecified atom stereocenters. The predicted octanol–water partition coefficient (Wildman–Crippen LogP) is 10.7. The zero-order valence-electron chi connectivity index (χ0n) is 24.6. The van der Waals surface area contributed by atoms with Crippen LogP contribution in [0.5, 0.6) is 0 Å². The molecule has 0 bridgehead atoms. The van der Waals surface area contributed by atoms with Crippen molar-refractivity contribution in [2.75, 3.05) is 0 Å². The van der Waals surface area contributed by atoms with E-state index in [9.17, 15) is 0 Å². The summed E-state index contributed by atoms with van der Waals surface area (Å²) >= 11 is 0. The molecule has 0 spiro atoms. The normalized spacial score (nSPS) is 12.3. The van der Waals surface area contributed by atoms with E-state index in [0.29, 0.717) is 5.95 Å². The first-order chi connectivity index (χ1) is 22.8. The summed E-state index contributed by atoms with van der Waals surface area (Å²) in [4.78, 5) is 10.7. The lowest BCUT2D eigenvalue weighted by molar-refractivity contribution is 1.01. The second kappa shape index (κ2) is 8.68. The fourth-order valence-corrected chi connectivity index (χ4v) is 7.92. The molecule has 0 N–H and O–H groups in total. The largest absolute Gasteiger partial charge is 0.308 e. The quantitative estimate of drug-likeness (QED) is 0.190. The maximum atomic E-state index is 5.39. The summed E-state index contributed by atoms with van der Waals surface area (Å²) in [5, 5.41) is 10.9. The Bertz CT molecular complexity index is 3020. The van der Waals surface area contributed by atoms with Crippen molar-refractivity contribution >= 4 is 81.6 Å². The summed E-state index contributed by atoms with van der Waals surface area (Å²) in [5.41, 5.74) is 8.79. The average Bonchev–Trinajstić information content (AvgIpc) is 3.59. The Kier molecular flexibility index (Phi) is 4.55.